The van der Waals surface area contributed by atoms with Crippen LogP contribution in [0, 0.1) is 5.82 Å². The highest BCUT2D eigenvalue weighted by atomic mass is 32.2. The van der Waals surface area contributed by atoms with Crippen LogP contribution in [0.4, 0.5) is 4.39 Å². The first-order valence-corrected chi connectivity index (χ1v) is 10.9. The molecule has 1 N–H and O–H groups in total. The van der Waals surface area contributed by atoms with Gasteiger partial charge in [0.05, 0.1) is 22.0 Å². The SMILES string of the molecule is O=C(CSc1nc2ccccc2s1)NC(c1ccc(F)cc1)c1cccs1. The molecule has 0 spiro atoms. The van der Waals surface area contributed by atoms with Gasteiger partial charge in [-0.2, -0.15) is 0 Å². The molecule has 2 aromatic heterocycles. The highest BCUT2D eigenvalue weighted by Crippen LogP contribution is 2.30. The van der Waals surface area contributed by atoms with Gasteiger partial charge in [0.25, 0.3) is 0 Å². The molecule has 2 heterocycles. The Morgan fingerprint density at radius 2 is 1.93 bits per heavy atom. The van der Waals surface area contributed by atoms with Gasteiger partial charge in [-0.15, -0.1) is 22.7 Å². The van der Waals surface area contributed by atoms with Crippen molar-refractivity contribution in [2.45, 2.75) is 10.4 Å². The number of hydrogen-bond donors (Lipinski definition) is 1. The van der Waals surface area contributed by atoms with Crippen molar-refractivity contribution in [2.75, 3.05) is 5.75 Å². The molecule has 4 rings (SSSR count). The van der Waals surface area contributed by atoms with Gasteiger partial charge in [0.15, 0.2) is 4.34 Å². The molecular formula is C20H15FN2OS3. The summed E-state index contributed by atoms with van der Waals surface area (Å²) in [6.07, 6.45) is 0. The maximum absolute atomic E-state index is 13.3. The predicted octanol–water partition coefficient (Wildman–Crippen LogP) is 5.49. The molecule has 1 unspecified atom stereocenters. The van der Waals surface area contributed by atoms with Crippen molar-refractivity contribution in [3.05, 3.63) is 82.3 Å². The van der Waals surface area contributed by atoms with Crippen LogP contribution in [0.5, 0.6) is 0 Å². The van der Waals surface area contributed by atoms with Gasteiger partial charge in [0.1, 0.15) is 5.82 Å². The van der Waals surface area contributed by atoms with E-state index in [1.807, 2.05) is 41.8 Å². The Labute approximate surface area is 168 Å². The summed E-state index contributed by atoms with van der Waals surface area (Å²) in [5, 5.41) is 5.03. The number of carbonyl (C=O) groups is 1. The zero-order chi connectivity index (χ0) is 18.6. The van der Waals surface area contributed by atoms with Gasteiger partial charge in [0, 0.05) is 4.88 Å². The summed E-state index contributed by atoms with van der Waals surface area (Å²) in [6, 6.07) is 17.8. The van der Waals surface area contributed by atoms with Crippen molar-refractivity contribution >= 4 is 50.6 Å². The molecule has 4 aromatic rings. The Bertz CT molecular complexity index is 1010. The molecule has 0 aliphatic carbocycles. The third-order valence-corrected chi connectivity index (χ3v) is 7.05. The highest BCUT2D eigenvalue weighted by Gasteiger charge is 2.18. The number of aromatic nitrogens is 1. The Kier molecular flexibility index (Phi) is 5.52. The molecule has 3 nitrogen and oxygen atoms in total. The minimum absolute atomic E-state index is 0.0815. The van der Waals surface area contributed by atoms with Crippen LogP contribution in [-0.2, 0) is 4.79 Å². The first kappa shape index (κ1) is 18.2. The minimum atomic E-state index is -0.290. The molecule has 1 amide bonds. The number of hydrogen-bond acceptors (Lipinski definition) is 5. The fraction of sp³-hybridized carbons (Fsp3) is 0.100. The molecule has 1 atom stereocenters. The molecule has 0 saturated carbocycles. The maximum Gasteiger partial charge on any atom is 0.231 e. The number of thiophene rings is 1. The van der Waals surface area contributed by atoms with Crippen molar-refractivity contribution in [3.63, 3.8) is 0 Å². The molecular weight excluding hydrogens is 399 g/mol. The third kappa shape index (κ3) is 4.37. The lowest BCUT2D eigenvalue weighted by molar-refractivity contribution is -0.119. The first-order chi connectivity index (χ1) is 13.2. The molecule has 0 fully saturated rings. The van der Waals surface area contributed by atoms with Gasteiger partial charge in [-0.25, -0.2) is 9.37 Å². The Hall–Kier alpha value is -2.22. The van der Waals surface area contributed by atoms with Gasteiger partial charge in [-0.05, 0) is 41.3 Å². The molecule has 0 bridgehead atoms. The molecule has 27 heavy (non-hydrogen) atoms. The highest BCUT2D eigenvalue weighted by molar-refractivity contribution is 8.01. The van der Waals surface area contributed by atoms with Crippen LogP contribution < -0.4 is 5.32 Å². The summed E-state index contributed by atoms with van der Waals surface area (Å²) in [5.41, 5.74) is 1.81. The Morgan fingerprint density at radius 1 is 1.11 bits per heavy atom. The summed E-state index contributed by atoms with van der Waals surface area (Å²) in [6.45, 7) is 0. The molecule has 0 aliphatic rings. The van der Waals surface area contributed by atoms with Crippen LogP contribution in [0.3, 0.4) is 0 Å². The van der Waals surface area contributed by atoms with Gasteiger partial charge >= 0.3 is 0 Å². The number of thioether (sulfide) groups is 1. The standard InChI is InChI=1S/C20H15FN2OS3/c21-14-9-7-13(8-10-14)19(17-6-3-11-25-17)23-18(24)12-26-20-22-15-4-1-2-5-16(15)27-20/h1-11,19H,12H2,(H,23,24). The first-order valence-electron chi connectivity index (χ1n) is 8.25. The largest absolute Gasteiger partial charge is 0.344 e. The number of benzene rings is 2. The van der Waals surface area contributed by atoms with E-state index in [-0.39, 0.29) is 23.5 Å². The lowest BCUT2D eigenvalue weighted by atomic mass is 10.1. The van der Waals surface area contributed by atoms with E-state index in [2.05, 4.69) is 10.3 Å². The van der Waals surface area contributed by atoms with E-state index in [4.69, 9.17) is 0 Å². The van der Waals surface area contributed by atoms with Gasteiger partial charge in [-0.1, -0.05) is 42.1 Å². The van der Waals surface area contributed by atoms with Crippen molar-refractivity contribution in [2.24, 2.45) is 0 Å². The van der Waals surface area contributed by atoms with E-state index in [1.54, 1.807) is 34.8 Å². The van der Waals surface area contributed by atoms with E-state index < -0.39 is 0 Å². The zero-order valence-electron chi connectivity index (χ0n) is 14.1. The van der Waals surface area contributed by atoms with Crippen molar-refractivity contribution in [1.29, 1.82) is 0 Å². The molecule has 0 aliphatic heterocycles. The summed E-state index contributed by atoms with van der Waals surface area (Å²) < 4.78 is 15.2. The summed E-state index contributed by atoms with van der Waals surface area (Å²) >= 11 is 4.58. The second kappa shape index (κ2) is 8.21. The summed E-state index contributed by atoms with van der Waals surface area (Å²) in [4.78, 5) is 18.1. The van der Waals surface area contributed by atoms with E-state index in [0.717, 1.165) is 25.0 Å². The Morgan fingerprint density at radius 3 is 2.67 bits per heavy atom. The van der Waals surface area contributed by atoms with Crippen LogP contribution >= 0.6 is 34.4 Å². The van der Waals surface area contributed by atoms with E-state index in [0.29, 0.717) is 0 Å². The number of thiazole rings is 1. The fourth-order valence-corrected chi connectivity index (χ4v) is 5.35. The number of halogens is 1. The van der Waals surface area contributed by atoms with Gasteiger partial charge in [-0.3, -0.25) is 4.79 Å². The quantitative estimate of drug-likeness (QED) is 0.424. The average Bonchev–Trinajstić information content (AvgIpc) is 3.34. The summed E-state index contributed by atoms with van der Waals surface area (Å²) in [7, 11) is 0. The molecule has 136 valence electrons. The molecule has 7 heteroatoms. The lowest BCUT2D eigenvalue weighted by Crippen LogP contribution is -2.30. The lowest BCUT2D eigenvalue weighted by Gasteiger charge is -2.18. The monoisotopic (exact) mass is 414 g/mol. The number of rotatable bonds is 6. The van der Waals surface area contributed by atoms with Crippen LogP contribution in [0.2, 0.25) is 0 Å². The van der Waals surface area contributed by atoms with Crippen LogP contribution in [-0.4, -0.2) is 16.6 Å². The van der Waals surface area contributed by atoms with E-state index in [9.17, 15) is 9.18 Å². The predicted molar refractivity (Wildman–Crippen MR) is 111 cm³/mol. The zero-order valence-corrected chi connectivity index (χ0v) is 16.5. The van der Waals surface area contributed by atoms with Gasteiger partial charge < -0.3 is 5.32 Å². The third-order valence-electron chi connectivity index (χ3n) is 3.94. The second-order valence-corrected chi connectivity index (χ2v) is 9.04. The fourth-order valence-electron chi connectivity index (χ4n) is 2.67. The van der Waals surface area contributed by atoms with Crippen molar-refractivity contribution < 1.29 is 9.18 Å². The minimum Gasteiger partial charge on any atom is -0.344 e. The number of para-hydroxylation sites is 1. The van der Waals surface area contributed by atoms with Gasteiger partial charge in [0.2, 0.25) is 5.91 Å². The molecule has 0 saturated heterocycles. The Balaban J connectivity index is 1.46. The second-order valence-electron chi connectivity index (χ2n) is 5.80. The maximum atomic E-state index is 13.3. The number of carbonyl (C=O) groups excluding carboxylic acids is 1. The van der Waals surface area contributed by atoms with Crippen LogP contribution in [0.1, 0.15) is 16.5 Å². The van der Waals surface area contributed by atoms with E-state index in [1.165, 1.54) is 23.9 Å². The molecule has 0 radical (unpaired) electrons. The van der Waals surface area contributed by atoms with Crippen LogP contribution in [0.15, 0.2) is 70.4 Å². The number of nitrogens with zero attached hydrogens (tertiary/aromatic N) is 1. The number of amides is 1. The number of fused-ring (bicyclic) bond motifs is 1. The topological polar surface area (TPSA) is 42.0 Å². The van der Waals surface area contributed by atoms with Crippen molar-refractivity contribution in [1.82, 2.24) is 10.3 Å². The normalized spacial score (nSPS) is 12.2. The van der Waals surface area contributed by atoms with E-state index >= 15 is 0 Å². The smallest absolute Gasteiger partial charge is 0.231 e. The molecule has 2 aromatic carbocycles. The summed E-state index contributed by atoms with van der Waals surface area (Å²) in [5.74, 6) is -0.0912. The average molecular weight is 415 g/mol. The van der Waals surface area contributed by atoms with Crippen LogP contribution in [0.25, 0.3) is 10.2 Å². The number of nitrogens with one attached hydrogen (secondary N) is 1. The van der Waals surface area contributed by atoms with Crippen molar-refractivity contribution in [3.8, 4) is 0 Å².